The zero-order valence-electron chi connectivity index (χ0n) is 11.5. The average molecular weight is 265 g/mol. The summed E-state index contributed by atoms with van der Waals surface area (Å²) in [5, 5.41) is 3.33. The van der Waals surface area contributed by atoms with Crippen LogP contribution in [0.3, 0.4) is 0 Å². The Bertz CT molecular complexity index is 572. The van der Waals surface area contributed by atoms with Crippen LogP contribution in [-0.2, 0) is 6.61 Å². The van der Waals surface area contributed by atoms with Gasteiger partial charge in [-0.15, -0.1) is 0 Å². The lowest BCUT2D eigenvalue weighted by Crippen LogP contribution is -2.19. The van der Waals surface area contributed by atoms with E-state index >= 15 is 0 Å². The SMILES string of the molecule is C1=C(c2ccc(OCc3ccccc3)cc2)CCNC1. The second kappa shape index (κ2) is 6.40. The number of hydrogen-bond donors (Lipinski definition) is 1. The fourth-order valence-electron chi connectivity index (χ4n) is 2.39. The van der Waals surface area contributed by atoms with Gasteiger partial charge < -0.3 is 10.1 Å². The quantitative estimate of drug-likeness (QED) is 0.911. The van der Waals surface area contributed by atoms with Crippen LogP contribution < -0.4 is 10.1 Å². The summed E-state index contributed by atoms with van der Waals surface area (Å²) in [6.45, 7) is 2.66. The largest absolute Gasteiger partial charge is 0.489 e. The molecule has 0 amide bonds. The molecule has 20 heavy (non-hydrogen) atoms. The van der Waals surface area contributed by atoms with Gasteiger partial charge in [0.2, 0.25) is 0 Å². The van der Waals surface area contributed by atoms with Gasteiger partial charge in [-0.25, -0.2) is 0 Å². The lowest BCUT2D eigenvalue weighted by Gasteiger charge is -2.14. The molecule has 3 rings (SSSR count). The van der Waals surface area contributed by atoms with E-state index in [0.717, 1.165) is 25.3 Å². The van der Waals surface area contributed by atoms with E-state index in [0.29, 0.717) is 6.61 Å². The highest BCUT2D eigenvalue weighted by atomic mass is 16.5. The van der Waals surface area contributed by atoms with Gasteiger partial charge in [0, 0.05) is 6.54 Å². The van der Waals surface area contributed by atoms with Crippen LogP contribution in [0.15, 0.2) is 60.7 Å². The van der Waals surface area contributed by atoms with Gasteiger partial charge in [0.25, 0.3) is 0 Å². The van der Waals surface area contributed by atoms with Crippen molar-refractivity contribution in [2.24, 2.45) is 0 Å². The molecule has 0 spiro atoms. The van der Waals surface area contributed by atoms with Crippen molar-refractivity contribution in [3.8, 4) is 5.75 Å². The average Bonchev–Trinajstić information content (AvgIpc) is 2.55. The Morgan fingerprint density at radius 1 is 0.950 bits per heavy atom. The molecule has 1 N–H and O–H groups in total. The van der Waals surface area contributed by atoms with Crippen LogP contribution in [0, 0.1) is 0 Å². The van der Waals surface area contributed by atoms with Crippen LogP contribution in [0.4, 0.5) is 0 Å². The van der Waals surface area contributed by atoms with Gasteiger partial charge in [-0.1, -0.05) is 48.5 Å². The molecule has 2 nitrogen and oxygen atoms in total. The summed E-state index contributed by atoms with van der Waals surface area (Å²) >= 11 is 0. The van der Waals surface area contributed by atoms with Gasteiger partial charge in [0.1, 0.15) is 12.4 Å². The molecule has 0 atom stereocenters. The van der Waals surface area contributed by atoms with E-state index in [9.17, 15) is 0 Å². The molecule has 0 radical (unpaired) electrons. The topological polar surface area (TPSA) is 21.3 Å². The molecule has 2 heteroatoms. The number of rotatable bonds is 4. The van der Waals surface area contributed by atoms with E-state index < -0.39 is 0 Å². The van der Waals surface area contributed by atoms with Gasteiger partial charge in [0.05, 0.1) is 0 Å². The standard InChI is InChI=1S/C18H19NO/c1-2-4-15(5-3-1)14-20-18-8-6-16(7-9-18)17-10-12-19-13-11-17/h1-10,19H,11-14H2. The minimum atomic E-state index is 0.618. The minimum Gasteiger partial charge on any atom is -0.489 e. The first kappa shape index (κ1) is 12.9. The van der Waals surface area contributed by atoms with E-state index in [1.54, 1.807) is 0 Å². The maximum absolute atomic E-state index is 5.80. The highest BCUT2D eigenvalue weighted by molar-refractivity contribution is 5.67. The molecule has 1 heterocycles. The van der Waals surface area contributed by atoms with Crippen molar-refractivity contribution in [1.29, 1.82) is 0 Å². The van der Waals surface area contributed by atoms with Crippen LogP contribution in [0.2, 0.25) is 0 Å². The molecule has 0 aromatic heterocycles. The summed E-state index contributed by atoms with van der Waals surface area (Å²) in [4.78, 5) is 0. The summed E-state index contributed by atoms with van der Waals surface area (Å²) in [5.74, 6) is 0.923. The summed E-state index contributed by atoms with van der Waals surface area (Å²) < 4.78 is 5.80. The first-order valence-electron chi connectivity index (χ1n) is 7.09. The van der Waals surface area contributed by atoms with E-state index in [2.05, 4.69) is 47.8 Å². The lowest BCUT2D eigenvalue weighted by molar-refractivity contribution is 0.306. The Hall–Kier alpha value is -2.06. The van der Waals surface area contributed by atoms with Crippen molar-refractivity contribution in [3.63, 3.8) is 0 Å². The van der Waals surface area contributed by atoms with Crippen LogP contribution in [-0.4, -0.2) is 13.1 Å². The number of benzene rings is 2. The van der Waals surface area contributed by atoms with Crippen LogP contribution in [0.25, 0.3) is 5.57 Å². The number of nitrogens with one attached hydrogen (secondary N) is 1. The normalized spacial score (nSPS) is 14.7. The van der Waals surface area contributed by atoms with Crippen LogP contribution in [0.5, 0.6) is 5.75 Å². The van der Waals surface area contributed by atoms with Crippen molar-refractivity contribution in [1.82, 2.24) is 5.32 Å². The highest BCUT2D eigenvalue weighted by Crippen LogP contribution is 2.22. The second-order valence-corrected chi connectivity index (χ2v) is 4.98. The third kappa shape index (κ3) is 3.28. The Kier molecular flexibility index (Phi) is 4.14. The third-order valence-electron chi connectivity index (χ3n) is 3.54. The highest BCUT2D eigenvalue weighted by Gasteiger charge is 2.05. The molecule has 0 bridgehead atoms. The molecular formula is C18H19NO. The lowest BCUT2D eigenvalue weighted by atomic mass is 10.0. The van der Waals surface area contributed by atoms with Gasteiger partial charge in [-0.05, 0) is 41.8 Å². The van der Waals surface area contributed by atoms with Gasteiger partial charge in [0.15, 0.2) is 0 Å². The van der Waals surface area contributed by atoms with Gasteiger partial charge >= 0.3 is 0 Å². The smallest absolute Gasteiger partial charge is 0.119 e. The Morgan fingerprint density at radius 3 is 2.45 bits per heavy atom. The maximum Gasteiger partial charge on any atom is 0.119 e. The van der Waals surface area contributed by atoms with Crippen molar-refractivity contribution in [2.45, 2.75) is 13.0 Å². The number of hydrogen-bond acceptors (Lipinski definition) is 2. The van der Waals surface area contributed by atoms with Gasteiger partial charge in [-0.2, -0.15) is 0 Å². The zero-order chi connectivity index (χ0) is 13.6. The monoisotopic (exact) mass is 265 g/mol. The Balaban J connectivity index is 1.63. The Labute approximate surface area is 120 Å². The van der Waals surface area contributed by atoms with Gasteiger partial charge in [-0.3, -0.25) is 0 Å². The molecule has 2 aromatic carbocycles. The summed E-state index contributed by atoms with van der Waals surface area (Å²) in [6, 6.07) is 18.7. The molecule has 0 saturated carbocycles. The molecule has 1 aliphatic heterocycles. The summed E-state index contributed by atoms with van der Waals surface area (Å²) in [6.07, 6.45) is 3.37. The fourth-order valence-corrected chi connectivity index (χ4v) is 2.39. The van der Waals surface area contributed by atoms with E-state index in [4.69, 9.17) is 4.74 Å². The third-order valence-corrected chi connectivity index (χ3v) is 3.54. The molecule has 0 aliphatic carbocycles. The van der Waals surface area contributed by atoms with Crippen LogP contribution in [0.1, 0.15) is 17.5 Å². The van der Waals surface area contributed by atoms with Crippen molar-refractivity contribution >= 4 is 5.57 Å². The predicted molar refractivity (Wildman–Crippen MR) is 82.7 cm³/mol. The maximum atomic E-state index is 5.80. The van der Waals surface area contributed by atoms with Crippen molar-refractivity contribution < 1.29 is 4.74 Å². The minimum absolute atomic E-state index is 0.618. The second-order valence-electron chi connectivity index (χ2n) is 4.98. The van der Waals surface area contributed by atoms with Crippen LogP contribution >= 0.6 is 0 Å². The molecule has 102 valence electrons. The van der Waals surface area contributed by atoms with E-state index in [-0.39, 0.29) is 0 Å². The van der Waals surface area contributed by atoms with E-state index in [1.807, 2.05) is 18.2 Å². The summed E-state index contributed by atoms with van der Waals surface area (Å²) in [5.41, 5.74) is 3.93. The number of ether oxygens (including phenoxy) is 1. The first-order valence-corrected chi connectivity index (χ1v) is 7.09. The molecule has 2 aromatic rings. The molecule has 0 unspecified atom stereocenters. The van der Waals surface area contributed by atoms with Crippen molar-refractivity contribution in [2.75, 3.05) is 13.1 Å². The van der Waals surface area contributed by atoms with E-state index in [1.165, 1.54) is 16.7 Å². The predicted octanol–water partition coefficient (Wildman–Crippen LogP) is 3.64. The molecule has 1 aliphatic rings. The fraction of sp³-hybridized carbons (Fsp3) is 0.222. The summed E-state index contributed by atoms with van der Waals surface area (Å²) in [7, 11) is 0. The zero-order valence-corrected chi connectivity index (χ0v) is 11.5. The Morgan fingerprint density at radius 2 is 1.75 bits per heavy atom. The molecular weight excluding hydrogens is 246 g/mol. The molecule has 0 saturated heterocycles. The van der Waals surface area contributed by atoms with Crippen molar-refractivity contribution in [3.05, 3.63) is 71.8 Å². The first-order chi connectivity index (χ1) is 9.92. The molecule has 0 fully saturated rings.